The fourth-order valence-corrected chi connectivity index (χ4v) is 1.10. The first kappa shape index (κ1) is 16.8. The lowest BCUT2D eigenvalue weighted by Crippen LogP contribution is -2.30. The van der Waals surface area contributed by atoms with Gasteiger partial charge in [0.25, 0.3) is 10.3 Å². The molecule has 0 saturated heterocycles. The van der Waals surface area contributed by atoms with Crippen LogP contribution in [0, 0.1) is 0 Å². The summed E-state index contributed by atoms with van der Waals surface area (Å²) in [5.41, 5.74) is 4.40. The maximum atomic E-state index is 7.56. The van der Waals surface area contributed by atoms with Crippen LogP contribution in [-0.2, 0) is 4.74 Å². The van der Waals surface area contributed by atoms with Crippen molar-refractivity contribution in [1.82, 2.24) is 4.90 Å². The van der Waals surface area contributed by atoms with Gasteiger partial charge in [-0.3, -0.25) is 0 Å². The van der Waals surface area contributed by atoms with Crippen molar-refractivity contribution in [2.24, 2.45) is 5.73 Å². The van der Waals surface area contributed by atoms with Crippen molar-refractivity contribution in [3.05, 3.63) is 0 Å². The average molecular weight is 252 g/mol. The van der Waals surface area contributed by atoms with Gasteiger partial charge in [0, 0.05) is 13.1 Å². The van der Waals surface area contributed by atoms with Crippen molar-refractivity contribution in [1.29, 1.82) is 0 Å². The summed E-state index contributed by atoms with van der Waals surface area (Å²) in [4.78, 5) is 2.03. The lowest BCUT2D eigenvalue weighted by molar-refractivity contribution is 0.249. The Hall–Kier alpha value is -0.620. The Morgan fingerprint density at radius 2 is 1.67 bits per heavy atom. The third kappa shape index (κ3) is 13.4. The van der Waals surface area contributed by atoms with Crippen LogP contribution in [0.1, 0.15) is 27.2 Å². The molecular formula is C9H20N2O2S2. The minimum atomic E-state index is -0.500. The summed E-state index contributed by atoms with van der Waals surface area (Å²) in [7, 11) is 0. The van der Waals surface area contributed by atoms with Gasteiger partial charge in [0.1, 0.15) is 0 Å². The highest BCUT2D eigenvalue weighted by Gasteiger charge is 2.03. The van der Waals surface area contributed by atoms with E-state index >= 15 is 0 Å². The zero-order chi connectivity index (χ0) is 12.3. The quantitative estimate of drug-likeness (QED) is 0.744. The topological polar surface area (TPSA) is 58.7 Å². The van der Waals surface area contributed by atoms with E-state index in [0.717, 1.165) is 26.1 Å². The molecule has 0 spiro atoms. The molecule has 15 heavy (non-hydrogen) atoms. The summed E-state index contributed by atoms with van der Waals surface area (Å²) >= 11 is 8.91. The number of ether oxygens (including phenoxy) is 1. The highest BCUT2D eigenvalue weighted by atomic mass is 32.1. The van der Waals surface area contributed by atoms with Gasteiger partial charge < -0.3 is 20.5 Å². The highest BCUT2D eigenvalue weighted by molar-refractivity contribution is 7.80. The molecule has 0 aliphatic heterocycles. The molecule has 6 heteroatoms. The normalized spacial score (nSPS) is 8.47. The Labute approximate surface area is 102 Å². The standard InChI is InChI=1S/C8H17NOS.CH3NOS/c1-4-7-10-8(11)9(5-2)6-3;2-1(3)4/h4-7H2,1-3H3;(H3,2,3,4). The van der Waals surface area contributed by atoms with Crippen molar-refractivity contribution in [2.75, 3.05) is 19.7 Å². The third-order valence-corrected chi connectivity index (χ3v) is 1.83. The van der Waals surface area contributed by atoms with Crippen LogP contribution < -0.4 is 5.73 Å². The number of nitrogens with two attached hydrogens (primary N) is 1. The van der Waals surface area contributed by atoms with E-state index in [2.05, 4.69) is 38.7 Å². The molecule has 0 aliphatic rings. The van der Waals surface area contributed by atoms with Gasteiger partial charge in [-0.1, -0.05) is 6.92 Å². The lowest BCUT2D eigenvalue weighted by atomic mass is 10.5. The monoisotopic (exact) mass is 252 g/mol. The molecule has 0 aromatic carbocycles. The number of hydrogen-bond acceptors (Lipinski definition) is 3. The molecule has 0 atom stereocenters. The summed E-state index contributed by atoms with van der Waals surface area (Å²) in [5, 5.41) is 7.70. The number of nitrogens with zero attached hydrogens (tertiary/aromatic N) is 1. The minimum Gasteiger partial charge on any atom is -0.487 e. The lowest BCUT2D eigenvalue weighted by Gasteiger charge is -2.20. The van der Waals surface area contributed by atoms with Gasteiger partial charge in [-0.25, -0.2) is 0 Å². The SMILES string of the molecule is CCCOC(=S)N(CC)CC.NC(O)=S. The maximum Gasteiger partial charge on any atom is 0.259 e. The van der Waals surface area contributed by atoms with Gasteiger partial charge in [0.05, 0.1) is 6.61 Å². The number of aliphatic hydroxyl groups is 1. The molecule has 0 heterocycles. The Balaban J connectivity index is 0. The fourth-order valence-electron chi connectivity index (χ4n) is 0.762. The van der Waals surface area contributed by atoms with E-state index in [9.17, 15) is 0 Å². The third-order valence-electron chi connectivity index (χ3n) is 1.45. The Kier molecular flexibility index (Phi) is 12.8. The fraction of sp³-hybridized carbons (Fsp3) is 0.778. The molecule has 0 saturated carbocycles. The number of thiocarbonyl (C=S) groups is 2. The van der Waals surface area contributed by atoms with E-state index in [0.29, 0.717) is 5.17 Å². The second-order valence-electron chi connectivity index (χ2n) is 2.62. The van der Waals surface area contributed by atoms with Crippen LogP contribution in [0.4, 0.5) is 0 Å². The number of hydrogen-bond donors (Lipinski definition) is 2. The van der Waals surface area contributed by atoms with Crippen LogP contribution in [0.3, 0.4) is 0 Å². The summed E-state index contributed by atoms with van der Waals surface area (Å²) in [6.45, 7) is 8.81. The number of rotatable bonds is 4. The Bertz CT molecular complexity index is 181. The molecule has 0 bridgehead atoms. The maximum absolute atomic E-state index is 7.56. The molecule has 0 fully saturated rings. The molecule has 90 valence electrons. The summed E-state index contributed by atoms with van der Waals surface area (Å²) in [6.07, 6.45) is 1.02. The zero-order valence-electron chi connectivity index (χ0n) is 9.52. The molecule has 0 unspecified atom stereocenters. The second kappa shape index (κ2) is 11.5. The van der Waals surface area contributed by atoms with Crippen molar-refractivity contribution in [3.63, 3.8) is 0 Å². The molecule has 3 N–H and O–H groups in total. The molecular weight excluding hydrogens is 232 g/mol. The van der Waals surface area contributed by atoms with Crippen LogP contribution in [-0.4, -0.2) is 40.1 Å². The Morgan fingerprint density at radius 1 is 1.27 bits per heavy atom. The Morgan fingerprint density at radius 3 is 1.93 bits per heavy atom. The average Bonchev–Trinajstić information content (AvgIpc) is 2.15. The predicted octanol–water partition coefficient (Wildman–Crippen LogP) is 1.83. The molecule has 0 aliphatic carbocycles. The molecule has 0 radical (unpaired) electrons. The summed E-state index contributed by atoms with van der Waals surface area (Å²) < 4.78 is 5.29. The molecule has 4 nitrogen and oxygen atoms in total. The predicted molar refractivity (Wildman–Crippen MR) is 71.2 cm³/mol. The summed E-state index contributed by atoms with van der Waals surface area (Å²) in [6, 6.07) is 0. The van der Waals surface area contributed by atoms with Gasteiger partial charge in [0.2, 0.25) is 0 Å². The van der Waals surface area contributed by atoms with Gasteiger partial charge in [-0.15, -0.1) is 0 Å². The number of aliphatic hydroxyl groups excluding tert-OH is 1. The first-order chi connectivity index (χ1) is 6.99. The minimum absolute atomic E-state index is 0.500. The highest BCUT2D eigenvalue weighted by Crippen LogP contribution is 1.94. The largest absolute Gasteiger partial charge is 0.487 e. The molecule has 0 amide bonds. The van der Waals surface area contributed by atoms with Crippen LogP contribution in [0.15, 0.2) is 0 Å². The van der Waals surface area contributed by atoms with Crippen molar-refractivity contribution in [3.8, 4) is 0 Å². The van der Waals surface area contributed by atoms with Gasteiger partial charge in [-0.2, -0.15) is 0 Å². The van der Waals surface area contributed by atoms with Gasteiger partial charge >= 0.3 is 0 Å². The van der Waals surface area contributed by atoms with E-state index in [1.54, 1.807) is 0 Å². The molecule has 0 aromatic heterocycles. The van der Waals surface area contributed by atoms with Crippen LogP contribution in [0.5, 0.6) is 0 Å². The smallest absolute Gasteiger partial charge is 0.259 e. The van der Waals surface area contributed by atoms with Crippen LogP contribution in [0.2, 0.25) is 0 Å². The van der Waals surface area contributed by atoms with E-state index in [-0.39, 0.29) is 0 Å². The van der Waals surface area contributed by atoms with E-state index < -0.39 is 5.17 Å². The van der Waals surface area contributed by atoms with Crippen molar-refractivity contribution < 1.29 is 9.84 Å². The molecule has 0 rings (SSSR count). The summed E-state index contributed by atoms with van der Waals surface area (Å²) in [5.74, 6) is 0. The molecule has 0 aromatic rings. The first-order valence-corrected chi connectivity index (χ1v) is 5.71. The van der Waals surface area contributed by atoms with Gasteiger partial charge in [-0.05, 0) is 44.7 Å². The second-order valence-corrected chi connectivity index (χ2v) is 3.39. The van der Waals surface area contributed by atoms with E-state index in [1.165, 1.54) is 0 Å². The van der Waals surface area contributed by atoms with Crippen LogP contribution >= 0.6 is 24.4 Å². The van der Waals surface area contributed by atoms with E-state index in [1.807, 2.05) is 4.90 Å². The van der Waals surface area contributed by atoms with Crippen molar-refractivity contribution >= 4 is 34.8 Å². The van der Waals surface area contributed by atoms with Crippen molar-refractivity contribution in [2.45, 2.75) is 27.2 Å². The van der Waals surface area contributed by atoms with Gasteiger partial charge in [0.15, 0.2) is 0 Å². The van der Waals surface area contributed by atoms with E-state index in [4.69, 9.17) is 22.1 Å². The first-order valence-electron chi connectivity index (χ1n) is 4.89. The zero-order valence-corrected chi connectivity index (χ0v) is 11.2. The van der Waals surface area contributed by atoms with Crippen LogP contribution in [0.25, 0.3) is 0 Å².